The number of likely N-dealkylation sites (tertiary alicyclic amines) is 1. The highest BCUT2D eigenvalue weighted by atomic mass is 19.1. The fourth-order valence-corrected chi connectivity index (χ4v) is 4.68. The van der Waals surface area contributed by atoms with Gasteiger partial charge in [0.1, 0.15) is 17.2 Å². The Morgan fingerprint density at radius 2 is 1.81 bits per heavy atom. The molecule has 2 saturated heterocycles. The smallest absolute Gasteiger partial charge is 0.298 e. The zero-order valence-electron chi connectivity index (χ0n) is 17.8. The maximum Gasteiger partial charge on any atom is 0.298 e. The van der Waals surface area contributed by atoms with Crippen LogP contribution in [0.15, 0.2) is 46.9 Å². The van der Waals surface area contributed by atoms with Crippen LogP contribution in [0.2, 0.25) is 0 Å². The maximum atomic E-state index is 14.0. The summed E-state index contributed by atoms with van der Waals surface area (Å²) >= 11 is 0. The van der Waals surface area contributed by atoms with Gasteiger partial charge in [-0.05, 0) is 31.0 Å². The van der Waals surface area contributed by atoms with Crippen molar-refractivity contribution in [2.75, 3.05) is 37.6 Å². The van der Waals surface area contributed by atoms with Gasteiger partial charge in [0.2, 0.25) is 5.91 Å². The third kappa shape index (κ3) is 4.32. The number of carbonyl (C=O) groups excluding carboxylic acids is 1. The third-order valence-corrected chi connectivity index (χ3v) is 6.54. The van der Waals surface area contributed by atoms with Gasteiger partial charge < -0.3 is 14.2 Å². The maximum absolute atomic E-state index is 14.0. The molecule has 32 heavy (non-hydrogen) atoms. The second-order valence-corrected chi connectivity index (χ2v) is 8.52. The van der Waals surface area contributed by atoms with Gasteiger partial charge in [-0.2, -0.15) is 4.98 Å². The van der Waals surface area contributed by atoms with E-state index in [2.05, 4.69) is 14.8 Å². The highest BCUT2D eigenvalue weighted by Crippen LogP contribution is 2.25. The van der Waals surface area contributed by atoms with Crippen molar-refractivity contribution in [2.45, 2.75) is 31.8 Å². The number of halogens is 2. The predicted molar refractivity (Wildman–Crippen MR) is 117 cm³/mol. The number of amides is 1. The fraction of sp³-hybridized carbons (Fsp3) is 0.417. The monoisotopic (exact) mass is 440 g/mol. The highest BCUT2D eigenvalue weighted by Gasteiger charge is 2.30. The van der Waals surface area contributed by atoms with Crippen LogP contribution in [0.3, 0.4) is 0 Å². The first-order valence-electron chi connectivity index (χ1n) is 11.1. The van der Waals surface area contributed by atoms with Crippen LogP contribution in [0.5, 0.6) is 0 Å². The molecule has 0 N–H and O–H groups in total. The normalized spacial score (nSPS) is 20.7. The Kier molecular flexibility index (Phi) is 5.78. The number of fused-ring (bicyclic) bond motifs is 1. The van der Waals surface area contributed by atoms with Gasteiger partial charge in [0.25, 0.3) is 6.01 Å². The minimum atomic E-state index is -0.606. The van der Waals surface area contributed by atoms with Gasteiger partial charge in [-0.25, -0.2) is 8.78 Å². The Labute approximate surface area is 185 Å². The molecular weight excluding hydrogens is 414 g/mol. The Hall–Kier alpha value is -3.00. The minimum Gasteiger partial charge on any atom is -0.423 e. The van der Waals surface area contributed by atoms with E-state index in [-0.39, 0.29) is 12.5 Å². The van der Waals surface area contributed by atoms with Crippen LogP contribution in [0.4, 0.5) is 14.8 Å². The van der Waals surface area contributed by atoms with Crippen LogP contribution < -0.4 is 4.90 Å². The van der Waals surface area contributed by atoms with Crippen molar-refractivity contribution in [3.8, 4) is 0 Å². The molecule has 6 nitrogen and oxygen atoms in total. The van der Waals surface area contributed by atoms with E-state index in [9.17, 15) is 13.6 Å². The molecule has 5 rings (SSSR count). The molecule has 2 aliphatic heterocycles. The number of hydrogen-bond acceptors (Lipinski definition) is 5. The van der Waals surface area contributed by atoms with E-state index in [0.717, 1.165) is 56.2 Å². The number of rotatable bonds is 4. The number of anilines is 1. The zero-order valence-corrected chi connectivity index (χ0v) is 17.8. The standard InChI is InChI=1S/C24H26F2N4O2/c25-18-6-5-17(20(26)15-18)16-30-10-9-19(7-8-23(30)31)28-11-13-29(14-12-28)24-27-21-3-1-2-4-22(21)32-24/h1-6,15,19H,7-14,16H2. The van der Waals surface area contributed by atoms with E-state index < -0.39 is 11.6 Å². The van der Waals surface area contributed by atoms with E-state index in [1.165, 1.54) is 12.1 Å². The van der Waals surface area contributed by atoms with Gasteiger partial charge >= 0.3 is 0 Å². The van der Waals surface area contributed by atoms with Crippen LogP contribution in [-0.4, -0.2) is 59.5 Å². The van der Waals surface area contributed by atoms with Crippen molar-refractivity contribution in [3.63, 3.8) is 0 Å². The summed E-state index contributed by atoms with van der Waals surface area (Å²) < 4.78 is 33.1. The quantitative estimate of drug-likeness (QED) is 0.618. The number of benzene rings is 2. The molecular formula is C24H26F2N4O2. The number of hydrogen-bond donors (Lipinski definition) is 0. The van der Waals surface area contributed by atoms with Crippen molar-refractivity contribution in [2.24, 2.45) is 0 Å². The van der Waals surface area contributed by atoms with Crippen molar-refractivity contribution in [3.05, 3.63) is 59.7 Å². The summed E-state index contributed by atoms with van der Waals surface area (Å²) in [5.74, 6) is -1.18. The molecule has 2 aromatic carbocycles. The van der Waals surface area contributed by atoms with Gasteiger partial charge in [-0.3, -0.25) is 9.69 Å². The summed E-state index contributed by atoms with van der Waals surface area (Å²) in [6.07, 6.45) is 2.08. The van der Waals surface area contributed by atoms with Gasteiger partial charge in [0, 0.05) is 63.4 Å². The molecule has 1 aromatic heterocycles. The number of aromatic nitrogens is 1. The molecule has 2 fully saturated rings. The summed E-state index contributed by atoms with van der Waals surface area (Å²) in [5.41, 5.74) is 2.01. The second kappa shape index (κ2) is 8.86. The molecule has 1 amide bonds. The van der Waals surface area contributed by atoms with Crippen LogP contribution in [-0.2, 0) is 11.3 Å². The summed E-state index contributed by atoms with van der Waals surface area (Å²) in [7, 11) is 0. The van der Waals surface area contributed by atoms with Gasteiger partial charge in [-0.15, -0.1) is 0 Å². The lowest BCUT2D eigenvalue weighted by Crippen LogP contribution is -2.50. The van der Waals surface area contributed by atoms with Gasteiger partial charge in [0.15, 0.2) is 5.58 Å². The first-order chi connectivity index (χ1) is 15.6. The Morgan fingerprint density at radius 3 is 2.59 bits per heavy atom. The largest absolute Gasteiger partial charge is 0.423 e. The Morgan fingerprint density at radius 1 is 1.00 bits per heavy atom. The van der Waals surface area contributed by atoms with E-state index in [1.54, 1.807) is 4.90 Å². The summed E-state index contributed by atoms with van der Waals surface area (Å²) in [4.78, 5) is 23.5. The summed E-state index contributed by atoms with van der Waals surface area (Å²) in [6.45, 7) is 4.16. The minimum absolute atomic E-state index is 0.0290. The number of para-hydroxylation sites is 2. The Balaban J connectivity index is 1.18. The zero-order chi connectivity index (χ0) is 22.1. The number of carbonyl (C=O) groups is 1. The van der Waals surface area contributed by atoms with E-state index in [4.69, 9.17) is 4.42 Å². The molecule has 2 aliphatic rings. The molecule has 0 saturated carbocycles. The Bertz CT molecular complexity index is 1080. The lowest BCUT2D eigenvalue weighted by atomic mass is 10.1. The molecule has 1 atom stereocenters. The predicted octanol–water partition coefficient (Wildman–Crippen LogP) is 3.81. The lowest BCUT2D eigenvalue weighted by Gasteiger charge is -2.38. The molecule has 0 spiro atoms. The van der Waals surface area contributed by atoms with E-state index >= 15 is 0 Å². The van der Waals surface area contributed by atoms with E-state index in [0.29, 0.717) is 30.6 Å². The van der Waals surface area contributed by atoms with Crippen LogP contribution >= 0.6 is 0 Å². The average molecular weight is 440 g/mol. The second-order valence-electron chi connectivity index (χ2n) is 8.52. The van der Waals surface area contributed by atoms with Crippen LogP contribution in [0.25, 0.3) is 11.1 Å². The average Bonchev–Trinajstić information content (AvgIpc) is 3.15. The molecule has 1 unspecified atom stereocenters. The first kappa shape index (κ1) is 20.9. The lowest BCUT2D eigenvalue weighted by molar-refractivity contribution is -0.131. The summed E-state index contributed by atoms with van der Waals surface area (Å²) in [6, 6.07) is 12.3. The van der Waals surface area contributed by atoms with Crippen LogP contribution in [0, 0.1) is 11.6 Å². The number of piperazine rings is 1. The van der Waals surface area contributed by atoms with Crippen LogP contribution in [0.1, 0.15) is 24.8 Å². The number of oxazole rings is 1. The van der Waals surface area contributed by atoms with Crippen molar-refractivity contribution in [1.29, 1.82) is 0 Å². The molecule has 8 heteroatoms. The van der Waals surface area contributed by atoms with Crippen molar-refractivity contribution < 1.29 is 18.0 Å². The molecule has 0 radical (unpaired) electrons. The van der Waals surface area contributed by atoms with E-state index in [1.807, 2.05) is 24.3 Å². The van der Waals surface area contributed by atoms with Gasteiger partial charge in [0.05, 0.1) is 0 Å². The molecule has 3 aromatic rings. The van der Waals surface area contributed by atoms with Crippen molar-refractivity contribution in [1.82, 2.24) is 14.8 Å². The SMILES string of the molecule is O=C1CCC(N2CCN(c3nc4ccccc4o3)CC2)CCN1Cc1ccc(F)cc1F. The summed E-state index contributed by atoms with van der Waals surface area (Å²) in [5, 5.41) is 0. The molecule has 3 heterocycles. The van der Waals surface area contributed by atoms with Crippen molar-refractivity contribution >= 4 is 23.0 Å². The fourth-order valence-electron chi connectivity index (χ4n) is 4.68. The van der Waals surface area contributed by atoms with Gasteiger partial charge in [-0.1, -0.05) is 18.2 Å². The third-order valence-electron chi connectivity index (χ3n) is 6.54. The first-order valence-corrected chi connectivity index (χ1v) is 11.1. The highest BCUT2D eigenvalue weighted by molar-refractivity contribution is 5.76. The molecule has 0 aliphatic carbocycles. The molecule has 168 valence electrons. The topological polar surface area (TPSA) is 52.8 Å². The molecule has 0 bridgehead atoms. The number of nitrogens with zero attached hydrogens (tertiary/aromatic N) is 4.